The zero-order valence-corrected chi connectivity index (χ0v) is 13.1. The maximum Gasteiger partial charge on any atom is 0.255 e. The number of piperidine rings is 1. The minimum atomic E-state index is -0.133. The van der Waals surface area contributed by atoms with Gasteiger partial charge in [-0.15, -0.1) is 0 Å². The monoisotopic (exact) mass is 359 g/mol. The number of rotatable bonds is 2. The molecule has 0 bridgehead atoms. The van der Waals surface area contributed by atoms with Gasteiger partial charge in [0.15, 0.2) is 0 Å². The van der Waals surface area contributed by atoms with E-state index in [1.54, 1.807) is 23.1 Å². The molecule has 1 aromatic rings. The van der Waals surface area contributed by atoms with E-state index in [-0.39, 0.29) is 17.7 Å². The number of hydrogen-bond donors (Lipinski definition) is 2. The predicted octanol–water partition coefficient (Wildman–Crippen LogP) is 2.70. The summed E-state index contributed by atoms with van der Waals surface area (Å²) in [5.74, 6) is -0.0711. The molecule has 7 heteroatoms. The summed E-state index contributed by atoms with van der Waals surface area (Å²) in [7, 11) is 0. The van der Waals surface area contributed by atoms with Crippen LogP contribution in [0.15, 0.2) is 27.8 Å². The lowest BCUT2D eigenvalue weighted by atomic mass is 9.96. The zero-order chi connectivity index (χ0) is 14.7. The Morgan fingerprint density at radius 3 is 3.00 bits per heavy atom. The Labute approximate surface area is 130 Å². The zero-order valence-electron chi connectivity index (χ0n) is 10.7. The van der Waals surface area contributed by atoms with Crippen LogP contribution in [-0.4, -0.2) is 34.9 Å². The van der Waals surface area contributed by atoms with E-state index < -0.39 is 0 Å². The molecular weight excluding hydrogens is 346 g/mol. The number of carbonyl (C=O) groups is 1. The Morgan fingerprint density at radius 1 is 1.55 bits per heavy atom. The van der Waals surface area contributed by atoms with Gasteiger partial charge in [-0.3, -0.25) is 4.79 Å². The highest BCUT2D eigenvalue weighted by Gasteiger charge is 2.28. The summed E-state index contributed by atoms with van der Waals surface area (Å²) in [5.41, 5.74) is 6.09. The normalized spacial score (nSPS) is 20.0. The molecule has 0 aromatic heterocycles. The number of nitrogens with zero attached hydrogens (tertiary/aromatic N) is 2. The Kier molecular flexibility index (Phi) is 4.88. The van der Waals surface area contributed by atoms with Gasteiger partial charge in [-0.25, -0.2) is 0 Å². The van der Waals surface area contributed by atoms with Gasteiger partial charge in [0.25, 0.3) is 5.91 Å². The number of halogens is 2. The van der Waals surface area contributed by atoms with Gasteiger partial charge in [-0.2, -0.15) is 0 Å². The van der Waals surface area contributed by atoms with Crippen molar-refractivity contribution in [3.05, 3.63) is 33.3 Å². The van der Waals surface area contributed by atoms with Crippen molar-refractivity contribution in [2.24, 2.45) is 16.8 Å². The second kappa shape index (κ2) is 6.45. The van der Waals surface area contributed by atoms with Gasteiger partial charge in [0, 0.05) is 23.5 Å². The summed E-state index contributed by atoms with van der Waals surface area (Å²) >= 11 is 9.46. The summed E-state index contributed by atoms with van der Waals surface area (Å²) in [4.78, 5) is 14.2. The van der Waals surface area contributed by atoms with Crippen molar-refractivity contribution in [3.63, 3.8) is 0 Å². The van der Waals surface area contributed by atoms with E-state index in [0.717, 1.165) is 12.8 Å². The molecule has 20 heavy (non-hydrogen) atoms. The topological polar surface area (TPSA) is 78.9 Å². The Hall–Kier alpha value is -1.27. The van der Waals surface area contributed by atoms with Gasteiger partial charge in [0.1, 0.15) is 5.84 Å². The molecule has 0 radical (unpaired) electrons. The summed E-state index contributed by atoms with van der Waals surface area (Å²) in [5, 5.41) is 12.2. The SMILES string of the molecule is N/C(=N/O)C1CCCN(C(=O)c2cccc(Br)c2Cl)C1. The maximum absolute atomic E-state index is 12.5. The van der Waals surface area contributed by atoms with E-state index in [9.17, 15) is 4.79 Å². The van der Waals surface area contributed by atoms with Gasteiger partial charge in [-0.05, 0) is 40.9 Å². The summed E-state index contributed by atoms with van der Waals surface area (Å²) < 4.78 is 0.690. The first-order chi connectivity index (χ1) is 9.54. The molecule has 1 aromatic carbocycles. The molecule has 1 atom stereocenters. The smallest absolute Gasteiger partial charge is 0.255 e. The maximum atomic E-state index is 12.5. The van der Waals surface area contributed by atoms with Crippen LogP contribution >= 0.6 is 27.5 Å². The highest BCUT2D eigenvalue weighted by Crippen LogP contribution is 2.28. The van der Waals surface area contributed by atoms with Crippen LogP contribution in [0.5, 0.6) is 0 Å². The first-order valence-corrected chi connectivity index (χ1v) is 7.42. The molecule has 1 saturated heterocycles. The number of likely N-dealkylation sites (tertiary alicyclic amines) is 1. The van der Waals surface area contributed by atoms with E-state index >= 15 is 0 Å². The van der Waals surface area contributed by atoms with Gasteiger partial charge >= 0.3 is 0 Å². The fourth-order valence-electron chi connectivity index (χ4n) is 2.32. The lowest BCUT2D eigenvalue weighted by molar-refractivity contribution is 0.0701. The Bertz CT molecular complexity index is 550. The van der Waals surface area contributed by atoms with Crippen molar-refractivity contribution in [1.29, 1.82) is 0 Å². The van der Waals surface area contributed by atoms with Crippen LogP contribution in [0.25, 0.3) is 0 Å². The third kappa shape index (κ3) is 3.07. The largest absolute Gasteiger partial charge is 0.409 e. The number of nitrogens with two attached hydrogens (primary N) is 1. The van der Waals surface area contributed by atoms with Gasteiger partial charge in [0.2, 0.25) is 0 Å². The van der Waals surface area contributed by atoms with Crippen LogP contribution in [0.3, 0.4) is 0 Å². The summed E-state index contributed by atoms with van der Waals surface area (Å²) in [6, 6.07) is 5.26. The van der Waals surface area contributed by atoms with Crippen molar-refractivity contribution in [2.75, 3.05) is 13.1 Å². The third-order valence-corrected chi connectivity index (χ3v) is 4.72. The second-order valence-corrected chi connectivity index (χ2v) is 5.95. The fourth-order valence-corrected chi connectivity index (χ4v) is 2.90. The van der Waals surface area contributed by atoms with Crippen molar-refractivity contribution < 1.29 is 10.0 Å². The van der Waals surface area contributed by atoms with E-state index in [0.29, 0.717) is 28.1 Å². The molecule has 2 rings (SSSR count). The molecule has 3 N–H and O–H groups in total. The number of amidine groups is 1. The molecule has 1 aliphatic heterocycles. The highest BCUT2D eigenvalue weighted by atomic mass is 79.9. The molecule has 108 valence electrons. The van der Waals surface area contributed by atoms with E-state index in [2.05, 4.69) is 21.1 Å². The van der Waals surface area contributed by atoms with E-state index in [1.165, 1.54) is 0 Å². The highest BCUT2D eigenvalue weighted by molar-refractivity contribution is 9.10. The molecule has 1 aliphatic rings. The number of amides is 1. The van der Waals surface area contributed by atoms with Gasteiger partial charge in [-0.1, -0.05) is 22.8 Å². The van der Waals surface area contributed by atoms with Gasteiger partial charge < -0.3 is 15.8 Å². The van der Waals surface area contributed by atoms with Crippen molar-refractivity contribution in [3.8, 4) is 0 Å². The standard InChI is InChI=1S/C13H15BrClN3O2/c14-10-5-1-4-9(11(10)15)13(19)18-6-2-3-8(7-18)12(16)17-20/h1,4-5,8,20H,2-3,6-7H2,(H2,16,17). The first-order valence-electron chi connectivity index (χ1n) is 6.25. The summed E-state index contributed by atoms with van der Waals surface area (Å²) in [6.07, 6.45) is 1.63. The van der Waals surface area contributed by atoms with Gasteiger partial charge in [0.05, 0.1) is 10.6 Å². The average Bonchev–Trinajstić information content (AvgIpc) is 2.48. The van der Waals surface area contributed by atoms with Crippen LogP contribution in [0.4, 0.5) is 0 Å². The number of carbonyl (C=O) groups excluding carboxylic acids is 1. The van der Waals surface area contributed by atoms with Crippen LogP contribution in [-0.2, 0) is 0 Å². The molecule has 0 spiro atoms. The molecule has 1 heterocycles. The summed E-state index contributed by atoms with van der Waals surface area (Å²) in [6.45, 7) is 1.09. The number of oxime groups is 1. The predicted molar refractivity (Wildman–Crippen MR) is 81.2 cm³/mol. The minimum Gasteiger partial charge on any atom is -0.409 e. The third-order valence-electron chi connectivity index (χ3n) is 3.42. The number of benzene rings is 1. The van der Waals surface area contributed by atoms with E-state index in [4.69, 9.17) is 22.5 Å². The average molecular weight is 361 g/mol. The molecule has 5 nitrogen and oxygen atoms in total. The van der Waals surface area contributed by atoms with Crippen LogP contribution in [0.1, 0.15) is 23.2 Å². The van der Waals surface area contributed by atoms with Crippen molar-refractivity contribution >= 4 is 39.3 Å². The minimum absolute atomic E-state index is 0.108. The molecule has 1 unspecified atom stereocenters. The van der Waals surface area contributed by atoms with Crippen molar-refractivity contribution in [2.45, 2.75) is 12.8 Å². The van der Waals surface area contributed by atoms with E-state index in [1.807, 2.05) is 0 Å². The lowest BCUT2D eigenvalue weighted by Gasteiger charge is -2.32. The molecule has 1 amide bonds. The first kappa shape index (κ1) is 15.1. The second-order valence-electron chi connectivity index (χ2n) is 4.72. The fraction of sp³-hybridized carbons (Fsp3) is 0.385. The Balaban J connectivity index is 2.19. The van der Waals surface area contributed by atoms with Crippen LogP contribution < -0.4 is 5.73 Å². The lowest BCUT2D eigenvalue weighted by Crippen LogP contribution is -2.44. The van der Waals surface area contributed by atoms with Crippen LogP contribution in [0, 0.1) is 5.92 Å². The molecule has 1 fully saturated rings. The quantitative estimate of drug-likeness (QED) is 0.368. The number of hydrogen-bond acceptors (Lipinski definition) is 3. The Morgan fingerprint density at radius 2 is 2.30 bits per heavy atom. The molecular formula is C13H15BrClN3O2. The van der Waals surface area contributed by atoms with Crippen LogP contribution in [0.2, 0.25) is 5.02 Å². The molecule has 0 aliphatic carbocycles. The van der Waals surface area contributed by atoms with Crippen molar-refractivity contribution in [1.82, 2.24) is 4.90 Å². The molecule has 0 saturated carbocycles.